The summed E-state index contributed by atoms with van der Waals surface area (Å²) in [4.78, 5) is 37.0. The van der Waals surface area contributed by atoms with Crippen molar-refractivity contribution in [2.24, 2.45) is 5.92 Å². The number of nitrogen functional groups attached to an aromatic ring is 1. The fourth-order valence-electron chi connectivity index (χ4n) is 5.16. The number of piperidine rings is 1. The van der Waals surface area contributed by atoms with Crippen LogP contribution in [0.25, 0.3) is 0 Å². The number of benzene rings is 1. The van der Waals surface area contributed by atoms with Crippen molar-refractivity contribution in [1.82, 2.24) is 14.8 Å². The Morgan fingerprint density at radius 3 is 2.50 bits per heavy atom. The van der Waals surface area contributed by atoms with E-state index in [-0.39, 0.29) is 18.1 Å². The monoisotopic (exact) mass is 494 g/mol. The molecule has 1 aromatic carbocycles. The van der Waals surface area contributed by atoms with E-state index in [1.54, 1.807) is 18.1 Å². The minimum absolute atomic E-state index is 0.00725. The molecule has 1 aromatic heterocycles. The molecule has 0 spiro atoms. The highest BCUT2D eigenvalue weighted by Gasteiger charge is 2.39. The Balaban J connectivity index is 1.52. The standard InChI is InChI=1S/C27H38N6O3/c1-5-19-14-21(16-29-25(19)28)30-26(34)27(35)33-17-18(2)24(36-4)15-23(33)20-6-8-22(9-7-20)32-12-10-31(3)11-13-32/h6-9,14,16,18,23-24H,5,10-13,15,17H2,1-4H3,(H2,28,29)(H,30,34)/t18-,23-,24+/m1/s1. The Bertz CT molecular complexity index is 1070. The molecule has 0 aliphatic carbocycles. The smallest absolute Gasteiger partial charge is 0.313 e. The number of hydrogen-bond donors (Lipinski definition) is 2. The molecule has 2 fully saturated rings. The van der Waals surface area contributed by atoms with Crippen LogP contribution in [0.15, 0.2) is 36.5 Å². The summed E-state index contributed by atoms with van der Waals surface area (Å²) in [5.74, 6) is -0.694. The largest absolute Gasteiger partial charge is 0.383 e. The van der Waals surface area contributed by atoms with E-state index in [2.05, 4.69) is 58.3 Å². The van der Waals surface area contributed by atoms with Crippen LogP contribution in [-0.4, -0.2) is 79.6 Å². The number of nitrogens with one attached hydrogen (secondary N) is 1. The first-order chi connectivity index (χ1) is 17.3. The van der Waals surface area contributed by atoms with E-state index in [9.17, 15) is 9.59 Å². The van der Waals surface area contributed by atoms with E-state index in [1.807, 2.05) is 6.92 Å². The summed E-state index contributed by atoms with van der Waals surface area (Å²) in [6.45, 7) is 8.52. The maximum atomic E-state index is 13.4. The van der Waals surface area contributed by atoms with E-state index in [1.165, 1.54) is 11.9 Å². The maximum absolute atomic E-state index is 13.4. The molecule has 0 unspecified atom stereocenters. The zero-order valence-electron chi connectivity index (χ0n) is 21.7. The number of likely N-dealkylation sites (N-methyl/N-ethyl adjacent to an activating group) is 1. The Labute approximate surface area is 213 Å². The second-order valence-corrected chi connectivity index (χ2v) is 9.92. The van der Waals surface area contributed by atoms with E-state index in [4.69, 9.17) is 10.5 Å². The number of amides is 2. The lowest BCUT2D eigenvalue weighted by Gasteiger charge is -2.42. The number of rotatable bonds is 5. The second kappa shape index (κ2) is 11.3. The fourth-order valence-corrected chi connectivity index (χ4v) is 5.16. The van der Waals surface area contributed by atoms with Crippen molar-refractivity contribution in [3.63, 3.8) is 0 Å². The van der Waals surface area contributed by atoms with Crippen LogP contribution in [0.1, 0.15) is 37.4 Å². The van der Waals surface area contributed by atoms with Gasteiger partial charge in [-0.05, 0) is 49.2 Å². The number of aryl methyl sites for hydroxylation is 1. The van der Waals surface area contributed by atoms with Gasteiger partial charge >= 0.3 is 11.8 Å². The molecule has 2 aromatic rings. The molecule has 36 heavy (non-hydrogen) atoms. The van der Waals surface area contributed by atoms with Crippen LogP contribution in [0.4, 0.5) is 17.2 Å². The van der Waals surface area contributed by atoms with Gasteiger partial charge < -0.3 is 30.5 Å². The number of aromatic nitrogens is 1. The average molecular weight is 495 g/mol. The van der Waals surface area contributed by atoms with Crippen molar-refractivity contribution in [2.45, 2.75) is 38.8 Å². The summed E-state index contributed by atoms with van der Waals surface area (Å²) in [6, 6.07) is 9.92. The number of piperazine rings is 1. The van der Waals surface area contributed by atoms with Gasteiger partial charge in [0.25, 0.3) is 0 Å². The highest BCUT2D eigenvalue weighted by atomic mass is 16.5. The first-order valence-electron chi connectivity index (χ1n) is 12.7. The van der Waals surface area contributed by atoms with Gasteiger partial charge in [-0.3, -0.25) is 9.59 Å². The summed E-state index contributed by atoms with van der Waals surface area (Å²) in [5, 5.41) is 2.72. The molecular formula is C27H38N6O3. The van der Waals surface area contributed by atoms with Crippen LogP contribution in [0, 0.1) is 5.92 Å². The molecule has 0 radical (unpaired) electrons. The molecular weight excluding hydrogens is 456 g/mol. The van der Waals surface area contributed by atoms with Gasteiger partial charge in [-0.2, -0.15) is 0 Å². The minimum Gasteiger partial charge on any atom is -0.383 e. The van der Waals surface area contributed by atoms with Crippen LogP contribution in [-0.2, 0) is 20.7 Å². The third-order valence-electron chi connectivity index (χ3n) is 7.50. The van der Waals surface area contributed by atoms with Gasteiger partial charge in [-0.15, -0.1) is 0 Å². The van der Waals surface area contributed by atoms with Gasteiger partial charge in [0.2, 0.25) is 0 Å². The molecule has 3 atom stereocenters. The van der Waals surface area contributed by atoms with Gasteiger partial charge in [0.15, 0.2) is 0 Å². The number of nitrogens with two attached hydrogens (primary N) is 1. The van der Waals surface area contributed by atoms with E-state index >= 15 is 0 Å². The maximum Gasteiger partial charge on any atom is 0.313 e. The summed E-state index contributed by atoms with van der Waals surface area (Å²) in [6.07, 6.45) is 2.81. The number of carbonyl (C=O) groups excluding carboxylic acids is 2. The molecule has 3 N–H and O–H groups in total. The normalized spacial score (nSPS) is 22.9. The Hall–Kier alpha value is -3.17. The van der Waals surface area contributed by atoms with Crippen LogP contribution >= 0.6 is 0 Å². The molecule has 2 amide bonds. The summed E-state index contributed by atoms with van der Waals surface area (Å²) in [7, 11) is 3.85. The highest BCUT2D eigenvalue weighted by molar-refractivity contribution is 6.39. The van der Waals surface area contributed by atoms with Gasteiger partial charge in [-0.1, -0.05) is 26.0 Å². The van der Waals surface area contributed by atoms with Crippen LogP contribution in [0.3, 0.4) is 0 Å². The van der Waals surface area contributed by atoms with Gasteiger partial charge in [0.05, 0.1) is 24.0 Å². The van der Waals surface area contributed by atoms with E-state index < -0.39 is 11.8 Å². The number of anilines is 3. The highest BCUT2D eigenvalue weighted by Crippen LogP contribution is 2.36. The SMILES string of the molecule is CCc1cc(NC(=O)C(=O)N2C[C@@H](C)[C@@H](OC)C[C@@H]2c2ccc(N3CCN(C)CC3)cc2)cnc1N. The predicted octanol–water partition coefficient (Wildman–Crippen LogP) is 2.54. The van der Waals surface area contributed by atoms with Gasteiger partial charge in [0, 0.05) is 51.4 Å². The van der Waals surface area contributed by atoms with Crippen molar-refractivity contribution in [2.75, 3.05) is 62.8 Å². The number of ether oxygens (including phenoxy) is 1. The summed E-state index contributed by atoms with van der Waals surface area (Å²) in [5.41, 5.74) is 9.36. The first kappa shape index (κ1) is 25.9. The molecule has 4 rings (SSSR count). The van der Waals surface area contributed by atoms with Crippen molar-refractivity contribution in [3.8, 4) is 0 Å². The van der Waals surface area contributed by atoms with Gasteiger partial charge in [0.1, 0.15) is 5.82 Å². The van der Waals surface area contributed by atoms with Crippen molar-refractivity contribution < 1.29 is 14.3 Å². The summed E-state index contributed by atoms with van der Waals surface area (Å²) >= 11 is 0. The molecule has 2 aliphatic heterocycles. The molecule has 0 saturated carbocycles. The van der Waals surface area contributed by atoms with E-state index in [0.717, 1.165) is 37.3 Å². The molecule has 2 saturated heterocycles. The summed E-state index contributed by atoms with van der Waals surface area (Å²) < 4.78 is 5.73. The third kappa shape index (κ3) is 5.63. The van der Waals surface area contributed by atoms with E-state index in [0.29, 0.717) is 30.9 Å². The molecule has 0 bridgehead atoms. The predicted molar refractivity (Wildman–Crippen MR) is 142 cm³/mol. The molecule has 194 valence electrons. The van der Waals surface area contributed by atoms with Gasteiger partial charge in [-0.25, -0.2) is 4.98 Å². The molecule has 2 aliphatic rings. The first-order valence-corrected chi connectivity index (χ1v) is 12.7. The molecule has 3 heterocycles. The lowest BCUT2D eigenvalue weighted by molar-refractivity contribution is -0.149. The number of likely N-dealkylation sites (tertiary alicyclic amines) is 1. The molecule has 9 nitrogen and oxygen atoms in total. The third-order valence-corrected chi connectivity index (χ3v) is 7.50. The Kier molecular flexibility index (Phi) is 8.11. The zero-order valence-corrected chi connectivity index (χ0v) is 21.7. The topological polar surface area (TPSA) is 104 Å². The number of methoxy groups -OCH3 is 1. The van der Waals surface area contributed by atoms with Crippen LogP contribution in [0.2, 0.25) is 0 Å². The number of pyridine rings is 1. The van der Waals surface area contributed by atoms with Crippen LogP contribution < -0.4 is 16.0 Å². The zero-order chi connectivity index (χ0) is 25.8. The number of nitrogens with zero attached hydrogens (tertiary/aromatic N) is 4. The second-order valence-electron chi connectivity index (χ2n) is 9.92. The number of hydrogen-bond acceptors (Lipinski definition) is 7. The lowest BCUT2D eigenvalue weighted by Crippen LogP contribution is -2.50. The quantitative estimate of drug-likeness (QED) is 0.616. The Morgan fingerprint density at radius 2 is 1.86 bits per heavy atom. The lowest BCUT2D eigenvalue weighted by atomic mass is 9.87. The minimum atomic E-state index is -0.675. The Morgan fingerprint density at radius 1 is 1.17 bits per heavy atom. The number of carbonyl (C=O) groups is 2. The average Bonchev–Trinajstić information content (AvgIpc) is 2.89. The van der Waals surface area contributed by atoms with Crippen molar-refractivity contribution in [3.05, 3.63) is 47.7 Å². The van der Waals surface area contributed by atoms with Crippen molar-refractivity contribution in [1.29, 1.82) is 0 Å². The fraction of sp³-hybridized carbons (Fsp3) is 0.519. The van der Waals surface area contributed by atoms with Crippen LogP contribution in [0.5, 0.6) is 0 Å². The molecule has 9 heteroatoms. The van der Waals surface area contributed by atoms with Crippen molar-refractivity contribution >= 4 is 29.0 Å².